The van der Waals surface area contributed by atoms with Gasteiger partial charge in [0, 0.05) is 18.7 Å². The number of carbonyl (C=O) groups is 2. The number of ether oxygens (including phenoxy) is 1. The maximum atomic E-state index is 12.8. The smallest absolute Gasteiger partial charge is 0.416 e. The van der Waals surface area contributed by atoms with E-state index in [1.807, 2.05) is 30.3 Å². The summed E-state index contributed by atoms with van der Waals surface area (Å²) in [6.07, 6.45) is -3.16. The molecule has 3 rings (SSSR count). The summed E-state index contributed by atoms with van der Waals surface area (Å²) in [7, 11) is 0. The molecule has 0 radical (unpaired) electrons. The van der Waals surface area contributed by atoms with E-state index in [0.29, 0.717) is 39.1 Å². The average Bonchev–Trinajstić information content (AvgIpc) is 2.78. The molecule has 180 valence electrons. The number of nitrogens with zero attached hydrogens (tertiary/aromatic N) is 1. The minimum atomic E-state index is -4.46. The Hall–Kier alpha value is -2.58. The third-order valence-electron chi connectivity index (χ3n) is 5.83. The Morgan fingerprint density at radius 2 is 1.73 bits per heavy atom. The van der Waals surface area contributed by atoms with E-state index in [1.165, 1.54) is 12.1 Å². The quantitative estimate of drug-likeness (QED) is 0.558. The number of rotatable bonds is 7. The number of likely N-dealkylation sites (tertiary alicyclic amines) is 1. The first-order valence-corrected chi connectivity index (χ1v) is 10.7. The molecule has 0 aliphatic carbocycles. The molecule has 0 bridgehead atoms. The van der Waals surface area contributed by atoms with Crippen molar-refractivity contribution in [3.63, 3.8) is 0 Å². The van der Waals surface area contributed by atoms with Crippen LogP contribution >= 0.6 is 12.4 Å². The summed E-state index contributed by atoms with van der Waals surface area (Å²) >= 11 is 0. The van der Waals surface area contributed by atoms with Gasteiger partial charge in [-0.2, -0.15) is 13.2 Å². The van der Waals surface area contributed by atoms with Gasteiger partial charge in [0.15, 0.2) is 0 Å². The lowest BCUT2D eigenvalue weighted by molar-refractivity contribution is -0.152. The molecule has 0 atom stereocenters. The molecular weight excluding hydrogens is 457 g/mol. The van der Waals surface area contributed by atoms with E-state index in [1.54, 1.807) is 6.92 Å². The molecule has 1 N–H and O–H groups in total. The van der Waals surface area contributed by atoms with Crippen molar-refractivity contribution in [3.8, 4) is 0 Å². The minimum Gasteiger partial charge on any atom is -0.465 e. The lowest BCUT2D eigenvalue weighted by Crippen LogP contribution is -2.48. The SMILES string of the molecule is CCOC(=O)C1(c2ccccc2)CCN(CCC(=O)Nc2cccc(C(F)(F)F)c2)CC1.Cl. The summed E-state index contributed by atoms with van der Waals surface area (Å²) in [5.41, 5.74) is -0.453. The van der Waals surface area contributed by atoms with Crippen molar-refractivity contribution in [3.05, 3.63) is 65.7 Å². The van der Waals surface area contributed by atoms with Gasteiger partial charge < -0.3 is 15.0 Å². The van der Waals surface area contributed by atoms with Crippen LogP contribution in [0.25, 0.3) is 0 Å². The van der Waals surface area contributed by atoms with Gasteiger partial charge in [-0.05, 0) is 56.6 Å². The number of hydrogen-bond donors (Lipinski definition) is 1. The Labute approximate surface area is 197 Å². The molecule has 2 aromatic rings. The summed E-state index contributed by atoms with van der Waals surface area (Å²) in [6.45, 7) is 3.79. The predicted molar refractivity (Wildman–Crippen MR) is 122 cm³/mol. The number of benzene rings is 2. The number of amides is 1. The van der Waals surface area contributed by atoms with Crippen molar-refractivity contribution in [2.45, 2.75) is 37.8 Å². The zero-order valence-corrected chi connectivity index (χ0v) is 19.2. The minimum absolute atomic E-state index is 0. The van der Waals surface area contributed by atoms with E-state index in [-0.39, 0.29) is 36.4 Å². The fraction of sp³-hybridized carbons (Fsp3) is 0.417. The molecule has 1 aliphatic heterocycles. The van der Waals surface area contributed by atoms with Gasteiger partial charge in [-0.15, -0.1) is 12.4 Å². The third-order valence-corrected chi connectivity index (χ3v) is 5.83. The van der Waals surface area contributed by atoms with E-state index >= 15 is 0 Å². The van der Waals surface area contributed by atoms with Crippen LogP contribution < -0.4 is 5.32 Å². The maximum absolute atomic E-state index is 12.8. The fourth-order valence-corrected chi connectivity index (χ4v) is 4.05. The van der Waals surface area contributed by atoms with Gasteiger partial charge in [0.05, 0.1) is 17.6 Å². The molecule has 5 nitrogen and oxygen atoms in total. The Kier molecular flexibility index (Phi) is 9.31. The van der Waals surface area contributed by atoms with Crippen molar-refractivity contribution in [2.75, 3.05) is 31.6 Å². The Morgan fingerprint density at radius 3 is 2.33 bits per heavy atom. The van der Waals surface area contributed by atoms with Crippen LogP contribution in [-0.2, 0) is 25.9 Å². The lowest BCUT2D eigenvalue weighted by Gasteiger charge is -2.40. The normalized spacial score (nSPS) is 15.9. The molecule has 0 saturated carbocycles. The topological polar surface area (TPSA) is 58.6 Å². The van der Waals surface area contributed by atoms with Crippen LogP contribution in [0.15, 0.2) is 54.6 Å². The van der Waals surface area contributed by atoms with Crippen LogP contribution in [0.2, 0.25) is 0 Å². The van der Waals surface area contributed by atoms with Gasteiger partial charge in [0.1, 0.15) is 0 Å². The summed E-state index contributed by atoms with van der Waals surface area (Å²) in [4.78, 5) is 27.2. The van der Waals surface area contributed by atoms with E-state index in [4.69, 9.17) is 4.74 Å². The van der Waals surface area contributed by atoms with E-state index < -0.39 is 17.2 Å². The Bertz CT molecular complexity index is 930. The van der Waals surface area contributed by atoms with E-state index in [9.17, 15) is 22.8 Å². The molecule has 0 spiro atoms. The molecule has 2 aromatic carbocycles. The first-order chi connectivity index (χ1) is 15.2. The number of hydrogen-bond acceptors (Lipinski definition) is 4. The first kappa shape index (κ1) is 26.7. The van der Waals surface area contributed by atoms with Gasteiger partial charge in [-0.25, -0.2) is 0 Å². The summed E-state index contributed by atoms with van der Waals surface area (Å²) in [5, 5.41) is 2.53. The van der Waals surface area contributed by atoms with Crippen molar-refractivity contribution in [1.29, 1.82) is 0 Å². The monoisotopic (exact) mass is 484 g/mol. The number of piperidine rings is 1. The fourth-order valence-electron chi connectivity index (χ4n) is 4.05. The Balaban J connectivity index is 0.00000385. The molecule has 0 aromatic heterocycles. The predicted octanol–water partition coefficient (Wildman–Crippen LogP) is 5.05. The number of esters is 1. The number of carbonyl (C=O) groups excluding carboxylic acids is 2. The van der Waals surface area contributed by atoms with Crippen molar-refractivity contribution in [2.24, 2.45) is 0 Å². The van der Waals surface area contributed by atoms with Crippen LogP contribution in [0.1, 0.15) is 37.3 Å². The molecular formula is C24H28ClF3N2O3. The summed E-state index contributed by atoms with van der Waals surface area (Å²) in [6, 6.07) is 14.2. The van der Waals surface area contributed by atoms with Gasteiger partial charge in [-0.1, -0.05) is 36.4 Å². The molecule has 1 fully saturated rings. The van der Waals surface area contributed by atoms with Gasteiger partial charge >= 0.3 is 12.1 Å². The van der Waals surface area contributed by atoms with Crippen LogP contribution in [0.3, 0.4) is 0 Å². The first-order valence-electron chi connectivity index (χ1n) is 10.7. The number of nitrogens with one attached hydrogen (secondary N) is 1. The van der Waals surface area contributed by atoms with Crippen LogP contribution in [-0.4, -0.2) is 43.0 Å². The highest BCUT2D eigenvalue weighted by atomic mass is 35.5. The molecule has 9 heteroatoms. The Morgan fingerprint density at radius 1 is 1.06 bits per heavy atom. The molecule has 1 amide bonds. The van der Waals surface area contributed by atoms with Gasteiger partial charge in [-0.3, -0.25) is 9.59 Å². The molecule has 1 saturated heterocycles. The third kappa shape index (κ3) is 6.71. The van der Waals surface area contributed by atoms with Gasteiger partial charge in [0.2, 0.25) is 5.91 Å². The largest absolute Gasteiger partial charge is 0.465 e. The van der Waals surface area contributed by atoms with E-state index in [2.05, 4.69) is 10.2 Å². The molecule has 1 heterocycles. The standard InChI is InChI=1S/C24H27F3N2O3.ClH/c1-2-32-22(31)23(18-7-4-3-5-8-18)12-15-29(16-13-23)14-11-21(30)28-20-10-6-9-19(17-20)24(25,26)27;/h3-10,17H,2,11-16H2,1H3,(H,28,30);1H. The highest BCUT2D eigenvalue weighted by molar-refractivity contribution is 5.91. The second kappa shape index (κ2) is 11.5. The van der Waals surface area contributed by atoms with Gasteiger partial charge in [0.25, 0.3) is 0 Å². The van der Waals surface area contributed by atoms with Crippen LogP contribution in [0.5, 0.6) is 0 Å². The molecule has 33 heavy (non-hydrogen) atoms. The number of alkyl halides is 3. The van der Waals surface area contributed by atoms with E-state index in [0.717, 1.165) is 17.7 Å². The van der Waals surface area contributed by atoms with Crippen molar-refractivity contribution in [1.82, 2.24) is 4.90 Å². The summed E-state index contributed by atoms with van der Waals surface area (Å²) < 4.78 is 43.9. The average molecular weight is 485 g/mol. The van der Waals surface area contributed by atoms with Crippen molar-refractivity contribution >= 4 is 30.0 Å². The van der Waals surface area contributed by atoms with Crippen molar-refractivity contribution < 1.29 is 27.5 Å². The maximum Gasteiger partial charge on any atom is 0.416 e. The number of halogens is 4. The van der Waals surface area contributed by atoms with Crippen LogP contribution in [0, 0.1) is 0 Å². The zero-order chi connectivity index (χ0) is 23.2. The molecule has 0 unspecified atom stereocenters. The summed E-state index contributed by atoms with van der Waals surface area (Å²) in [5.74, 6) is -0.581. The number of anilines is 1. The van der Waals surface area contributed by atoms with Crippen LogP contribution in [0.4, 0.5) is 18.9 Å². The second-order valence-electron chi connectivity index (χ2n) is 7.89. The zero-order valence-electron chi connectivity index (χ0n) is 18.4. The highest BCUT2D eigenvalue weighted by Gasteiger charge is 2.44. The molecule has 1 aliphatic rings. The highest BCUT2D eigenvalue weighted by Crippen LogP contribution is 2.37. The second-order valence-corrected chi connectivity index (χ2v) is 7.89. The lowest BCUT2D eigenvalue weighted by atomic mass is 9.72.